The van der Waals surface area contributed by atoms with Crippen LogP contribution in [0.15, 0.2) is 36.5 Å². The smallest absolute Gasteiger partial charge is 0.306 e. The van der Waals surface area contributed by atoms with Gasteiger partial charge in [-0.25, -0.2) is 0 Å². The lowest BCUT2D eigenvalue weighted by Crippen LogP contribution is -2.30. The quantitative estimate of drug-likeness (QED) is 0.0261. The molecule has 1 atom stereocenters. The van der Waals surface area contributed by atoms with E-state index in [-0.39, 0.29) is 31.1 Å². The Morgan fingerprint density at radius 1 is 0.267 bits per heavy atom. The molecule has 6 nitrogen and oxygen atoms in total. The summed E-state index contributed by atoms with van der Waals surface area (Å²) in [5.74, 6) is -0.849. The minimum absolute atomic E-state index is 0.0688. The molecule has 0 saturated heterocycles. The van der Waals surface area contributed by atoms with Crippen molar-refractivity contribution in [2.45, 2.75) is 374 Å². The zero-order valence-electron chi connectivity index (χ0n) is 50.6. The van der Waals surface area contributed by atoms with E-state index in [1.165, 1.54) is 250 Å². The van der Waals surface area contributed by atoms with Gasteiger partial charge in [0, 0.05) is 19.3 Å². The molecule has 440 valence electrons. The predicted molar refractivity (Wildman–Crippen MR) is 326 cm³/mol. The molecule has 0 rings (SSSR count). The maximum atomic E-state index is 12.9. The van der Waals surface area contributed by atoms with Crippen LogP contribution in [-0.4, -0.2) is 37.2 Å². The first-order chi connectivity index (χ1) is 37.0. The molecule has 0 aliphatic rings. The lowest BCUT2D eigenvalue weighted by atomic mass is 10.0. The first-order valence-electron chi connectivity index (χ1n) is 33.5. The van der Waals surface area contributed by atoms with Crippen molar-refractivity contribution < 1.29 is 28.6 Å². The first kappa shape index (κ1) is 72.6. The van der Waals surface area contributed by atoms with Crippen LogP contribution >= 0.6 is 0 Å². The van der Waals surface area contributed by atoms with E-state index in [4.69, 9.17) is 14.2 Å². The Labute approximate surface area is 467 Å². The topological polar surface area (TPSA) is 78.9 Å². The number of rotatable bonds is 62. The number of carbonyl (C=O) groups excluding carboxylic acids is 3. The highest BCUT2D eigenvalue weighted by molar-refractivity contribution is 5.71. The Hall–Kier alpha value is -2.37. The SMILES string of the molecule is CCCCCCC/C=C\C/C=C\C/C=C\CCCCCCCCCCC(=O)OCC(COC(=O)CCCCCCCCCCCCCCC)OC(=O)CCCCCCCCCCCCCCCCCCCCCCC. The van der Waals surface area contributed by atoms with Crippen molar-refractivity contribution in [1.29, 1.82) is 0 Å². The molecule has 0 aromatic carbocycles. The summed E-state index contributed by atoms with van der Waals surface area (Å²) < 4.78 is 17.0. The molecule has 0 spiro atoms. The van der Waals surface area contributed by atoms with Crippen molar-refractivity contribution in [3.8, 4) is 0 Å². The number of hydrogen-bond donors (Lipinski definition) is 0. The van der Waals surface area contributed by atoms with Gasteiger partial charge in [-0.3, -0.25) is 14.4 Å². The summed E-state index contributed by atoms with van der Waals surface area (Å²) >= 11 is 0. The van der Waals surface area contributed by atoms with Crippen LogP contribution in [0.5, 0.6) is 0 Å². The van der Waals surface area contributed by atoms with Crippen molar-refractivity contribution in [2.24, 2.45) is 0 Å². The van der Waals surface area contributed by atoms with Crippen molar-refractivity contribution >= 4 is 17.9 Å². The summed E-state index contributed by atoms with van der Waals surface area (Å²) in [6, 6.07) is 0. The third-order valence-electron chi connectivity index (χ3n) is 15.1. The number of hydrogen-bond acceptors (Lipinski definition) is 6. The molecule has 0 bridgehead atoms. The molecular formula is C69H128O6. The fourth-order valence-corrected chi connectivity index (χ4v) is 10.1. The lowest BCUT2D eigenvalue weighted by molar-refractivity contribution is -0.167. The number of ether oxygens (including phenoxy) is 3. The second-order valence-corrected chi connectivity index (χ2v) is 22.7. The van der Waals surface area contributed by atoms with E-state index >= 15 is 0 Å². The van der Waals surface area contributed by atoms with Crippen molar-refractivity contribution in [3.63, 3.8) is 0 Å². The van der Waals surface area contributed by atoms with Crippen LogP contribution in [0.4, 0.5) is 0 Å². The Bertz CT molecular complexity index is 1250. The monoisotopic (exact) mass is 1050 g/mol. The van der Waals surface area contributed by atoms with Crippen LogP contribution in [0, 0.1) is 0 Å². The molecule has 0 heterocycles. The summed E-state index contributed by atoms with van der Waals surface area (Å²) in [4.78, 5) is 38.3. The fourth-order valence-electron chi connectivity index (χ4n) is 10.1. The van der Waals surface area contributed by atoms with E-state index in [0.29, 0.717) is 19.3 Å². The van der Waals surface area contributed by atoms with E-state index in [2.05, 4.69) is 57.2 Å². The minimum atomic E-state index is -0.772. The molecular weight excluding hydrogens is 925 g/mol. The van der Waals surface area contributed by atoms with E-state index in [1.54, 1.807) is 0 Å². The fraction of sp³-hybridized carbons (Fsp3) is 0.870. The van der Waals surface area contributed by atoms with Gasteiger partial charge in [-0.05, 0) is 57.8 Å². The third-order valence-corrected chi connectivity index (χ3v) is 15.1. The summed E-state index contributed by atoms with van der Waals surface area (Å²) in [6.07, 6.45) is 78.7. The van der Waals surface area contributed by atoms with Gasteiger partial charge < -0.3 is 14.2 Å². The molecule has 0 saturated carbocycles. The number of esters is 3. The molecule has 0 fully saturated rings. The van der Waals surface area contributed by atoms with E-state index in [9.17, 15) is 14.4 Å². The number of carbonyl (C=O) groups is 3. The second kappa shape index (κ2) is 64.2. The summed E-state index contributed by atoms with van der Waals surface area (Å²) in [7, 11) is 0. The van der Waals surface area contributed by atoms with E-state index in [0.717, 1.165) is 77.0 Å². The summed E-state index contributed by atoms with van der Waals surface area (Å²) in [5.41, 5.74) is 0. The van der Waals surface area contributed by atoms with E-state index in [1.807, 2.05) is 0 Å². The average molecular weight is 1050 g/mol. The lowest BCUT2D eigenvalue weighted by Gasteiger charge is -2.18. The van der Waals surface area contributed by atoms with Gasteiger partial charge >= 0.3 is 17.9 Å². The highest BCUT2D eigenvalue weighted by atomic mass is 16.6. The third kappa shape index (κ3) is 62.4. The van der Waals surface area contributed by atoms with Gasteiger partial charge in [0.05, 0.1) is 0 Å². The maximum absolute atomic E-state index is 12.9. The van der Waals surface area contributed by atoms with Crippen LogP contribution in [0.2, 0.25) is 0 Å². The standard InChI is InChI=1S/C69H128O6/c1-4-7-10-13-16-19-22-25-27-29-31-33-34-36-37-39-41-44-47-50-53-56-59-62-68(71)74-65-66(64-73-67(70)61-58-55-52-49-46-43-24-21-18-15-12-9-6-3)75-69(72)63-60-57-54-51-48-45-42-40-38-35-32-30-28-26-23-20-17-14-11-8-5-2/h22,25,29,31,34,36,66H,4-21,23-24,26-28,30,32-33,35,37-65H2,1-3H3/b25-22-,31-29-,36-34-. The van der Waals surface area contributed by atoms with Crippen molar-refractivity contribution in [2.75, 3.05) is 13.2 Å². The predicted octanol–water partition coefficient (Wildman–Crippen LogP) is 22.8. The van der Waals surface area contributed by atoms with Crippen LogP contribution in [0.3, 0.4) is 0 Å². The first-order valence-corrected chi connectivity index (χ1v) is 33.5. The largest absolute Gasteiger partial charge is 0.462 e. The van der Waals surface area contributed by atoms with Crippen LogP contribution in [-0.2, 0) is 28.6 Å². The summed E-state index contributed by atoms with van der Waals surface area (Å²) in [6.45, 7) is 6.69. The van der Waals surface area contributed by atoms with Gasteiger partial charge in [0.1, 0.15) is 13.2 Å². The Kier molecular flexibility index (Phi) is 62.1. The molecule has 1 unspecified atom stereocenters. The van der Waals surface area contributed by atoms with Gasteiger partial charge in [0.2, 0.25) is 0 Å². The zero-order chi connectivity index (χ0) is 54.3. The molecule has 0 amide bonds. The van der Waals surface area contributed by atoms with Crippen LogP contribution < -0.4 is 0 Å². The van der Waals surface area contributed by atoms with Crippen molar-refractivity contribution in [3.05, 3.63) is 36.5 Å². The van der Waals surface area contributed by atoms with Crippen LogP contribution in [0.25, 0.3) is 0 Å². The normalized spacial score (nSPS) is 12.2. The summed E-state index contributed by atoms with van der Waals surface area (Å²) in [5, 5.41) is 0. The van der Waals surface area contributed by atoms with Crippen LogP contribution in [0.1, 0.15) is 367 Å². The molecule has 6 heteroatoms. The molecule has 0 aliphatic carbocycles. The van der Waals surface area contributed by atoms with E-state index < -0.39 is 6.10 Å². The number of unbranched alkanes of at least 4 members (excludes halogenated alkanes) is 45. The Morgan fingerprint density at radius 3 is 0.747 bits per heavy atom. The molecule has 0 radical (unpaired) electrons. The maximum Gasteiger partial charge on any atom is 0.306 e. The zero-order valence-corrected chi connectivity index (χ0v) is 50.6. The number of allylic oxidation sites excluding steroid dienone is 6. The highest BCUT2D eigenvalue weighted by Crippen LogP contribution is 2.18. The molecule has 0 aromatic heterocycles. The molecule has 75 heavy (non-hydrogen) atoms. The van der Waals surface area contributed by atoms with Gasteiger partial charge in [0.25, 0.3) is 0 Å². The molecule has 0 aromatic rings. The highest BCUT2D eigenvalue weighted by Gasteiger charge is 2.19. The van der Waals surface area contributed by atoms with Gasteiger partial charge in [-0.2, -0.15) is 0 Å². The molecule has 0 N–H and O–H groups in total. The van der Waals surface area contributed by atoms with Gasteiger partial charge in [-0.15, -0.1) is 0 Å². The molecule has 0 aliphatic heterocycles. The second-order valence-electron chi connectivity index (χ2n) is 22.7. The Balaban J connectivity index is 4.28. The minimum Gasteiger partial charge on any atom is -0.462 e. The average Bonchev–Trinajstić information content (AvgIpc) is 3.41. The van der Waals surface area contributed by atoms with Gasteiger partial charge in [-0.1, -0.05) is 327 Å². The van der Waals surface area contributed by atoms with Crippen molar-refractivity contribution in [1.82, 2.24) is 0 Å². The van der Waals surface area contributed by atoms with Gasteiger partial charge in [0.15, 0.2) is 6.10 Å². The Morgan fingerprint density at radius 2 is 0.480 bits per heavy atom.